The number of thiazole rings is 1. The largest absolute Gasteiger partial charge is 0.454 e. The third-order valence-corrected chi connectivity index (χ3v) is 4.81. The number of allylic oxidation sites excluding steroid dienone is 2. The van der Waals surface area contributed by atoms with Gasteiger partial charge >= 0.3 is 0 Å². The second kappa shape index (κ2) is 6.01. The maximum atomic E-state index is 12.3. The molecule has 0 saturated heterocycles. The second-order valence-corrected chi connectivity index (χ2v) is 6.52. The summed E-state index contributed by atoms with van der Waals surface area (Å²) in [4.78, 5) is 16.7. The van der Waals surface area contributed by atoms with Crippen molar-refractivity contribution < 1.29 is 9.21 Å². The van der Waals surface area contributed by atoms with E-state index in [4.69, 9.17) is 4.42 Å². The molecule has 23 heavy (non-hydrogen) atoms. The molecule has 2 aromatic heterocycles. The first-order chi connectivity index (χ1) is 11.3. The van der Waals surface area contributed by atoms with E-state index in [1.807, 2.05) is 35.7 Å². The van der Waals surface area contributed by atoms with E-state index in [-0.39, 0.29) is 11.8 Å². The van der Waals surface area contributed by atoms with Gasteiger partial charge in [-0.15, -0.1) is 11.3 Å². The zero-order valence-corrected chi connectivity index (χ0v) is 13.3. The Hall–Kier alpha value is -2.40. The molecule has 0 bridgehead atoms. The van der Waals surface area contributed by atoms with Gasteiger partial charge < -0.3 is 9.73 Å². The number of amides is 1. The number of para-hydroxylation sites is 1. The van der Waals surface area contributed by atoms with Crippen LogP contribution >= 0.6 is 11.3 Å². The van der Waals surface area contributed by atoms with Gasteiger partial charge in [0.1, 0.15) is 11.3 Å². The Morgan fingerprint density at radius 3 is 3.04 bits per heavy atom. The van der Waals surface area contributed by atoms with Gasteiger partial charge in [0.15, 0.2) is 10.9 Å². The van der Waals surface area contributed by atoms with Crippen LogP contribution in [0, 0.1) is 5.92 Å². The number of fused-ring (bicyclic) bond motifs is 1. The molecular formula is C18H16N2O2S. The fraction of sp³-hybridized carbons (Fsp3) is 0.222. The van der Waals surface area contributed by atoms with Crippen molar-refractivity contribution in [1.29, 1.82) is 0 Å². The first kappa shape index (κ1) is 14.2. The lowest BCUT2D eigenvalue weighted by molar-refractivity contribution is -0.120. The fourth-order valence-corrected chi connectivity index (χ4v) is 3.49. The Morgan fingerprint density at radius 2 is 2.22 bits per heavy atom. The fourth-order valence-electron chi connectivity index (χ4n) is 2.79. The second-order valence-electron chi connectivity index (χ2n) is 5.66. The molecule has 2 heterocycles. The number of rotatable bonds is 3. The first-order valence-electron chi connectivity index (χ1n) is 7.70. The van der Waals surface area contributed by atoms with Crippen molar-refractivity contribution in [2.45, 2.75) is 19.3 Å². The van der Waals surface area contributed by atoms with E-state index in [9.17, 15) is 4.79 Å². The molecule has 1 atom stereocenters. The number of furan rings is 1. The normalized spacial score (nSPS) is 17.5. The molecular weight excluding hydrogens is 308 g/mol. The van der Waals surface area contributed by atoms with E-state index < -0.39 is 0 Å². The average molecular weight is 324 g/mol. The minimum atomic E-state index is 0.0542. The van der Waals surface area contributed by atoms with E-state index in [0.717, 1.165) is 41.7 Å². The zero-order chi connectivity index (χ0) is 15.6. The molecule has 1 aliphatic rings. The van der Waals surface area contributed by atoms with E-state index in [2.05, 4.69) is 22.5 Å². The van der Waals surface area contributed by atoms with Crippen LogP contribution in [-0.2, 0) is 4.79 Å². The van der Waals surface area contributed by atoms with Gasteiger partial charge in [-0.1, -0.05) is 30.4 Å². The molecule has 116 valence electrons. The summed E-state index contributed by atoms with van der Waals surface area (Å²) >= 11 is 1.43. The highest BCUT2D eigenvalue weighted by Gasteiger charge is 2.20. The van der Waals surface area contributed by atoms with Crippen molar-refractivity contribution in [3.05, 3.63) is 47.9 Å². The van der Waals surface area contributed by atoms with Gasteiger partial charge in [-0.3, -0.25) is 4.79 Å². The van der Waals surface area contributed by atoms with Gasteiger partial charge in [0.25, 0.3) is 0 Å². The molecule has 0 radical (unpaired) electrons. The molecule has 1 aliphatic carbocycles. The van der Waals surface area contributed by atoms with Crippen molar-refractivity contribution in [1.82, 2.24) is 4.98 Å². The van der Waals surface area contributed by atoms with Gasteiger partial charge in [0, 0.05) is 16.7 Å². The van der Waals surface area contributed by atoms with Crippen LogP contribution in [0.1, 0.15) is 19.3 Å². The Balaban J connectivity index is 1.52. The highest BCUT2D eigenvalue weighted by molar-refractivity contribution is 7.14. The van der Waals surface area contributed by atoms with Crippen LogP contribution in [0.3, 0.4) is 0 Å². The molecule has 1 unspecified atom stereocenters. The van der Waals surface area contributed by atoms with Crippen molar-refractivity contribution in [2.75, 3.05) is 5.32 Å². The molecule has 0 saturated carbocycles. The number of nitrogens with zero attached hydrogens (tertiary/aromatic N) is 1. The quantitative estimate of drug-likeness (QED) is 0.701. The van der Waals surface area contributed by atoms with Crippen LogP contribution in [-0.4, -0.2) is 10.9 Å². The summed E-state index contributed by atoms with van der Waals surface area (Å²) in [6, 6.07) is 9.84. The standard InChI is InChI=1S/C18H16N2O2S/c21-17(12-6-2-1-3-7-12)20-18-19-14(11-23-18)16-10-13-8-4-5-9-15(13)22-16/h1-2,4-5,8-12H,3,6-7H2,(H,19,20,21). The number of benzene rings is 1. The number of aromatic nitrogens is 1. The summed E-state index contributed by atoms with van der Waals surface area (Å²) in [5.41, 5.74) is 1.60. The van der Waals surface area contributed by atoms with E-state index in [0.29, 0.717) is 5.13 Å². The summed E-state index contributed by atoms with van der Waals surface area (Å²) in [5, 5.41) is 6.52. The van der Waals surface area contributed by atoms with Gasteiger partial charge in [0.05, 0.1) is 0 Å². The van der Waals surface area contributed by atoms with Gasteiger partial charge in [-0.05, 0) is 31.4 Å². The third kappa shape index (κ3) is 2.92. The van der Waals surface area contributed by atoms with Gasteiger partial charge in [-0.2, -0.15) is 0 Å². The summed E-state index contributed by atoms with van der Waals surface area (Å²) in [6.07, 6.45) is 6.90. The molecule has 4 nitrogen and oxygen atoms in total. The van der Waals surface area contributed by atoms with Crippen molar-refractivity contribution in [2.24, 2.45) is 5.92 Å². The van der Waals surface area contributed by atoms with Gasteiger partial charge in [-0.25, -0.2) is 4.98 Å². The number of nitrogens with one attached hydrogen (secondary N) is 1. The lowest BCUT2D eigenvalue weighted by Crippen LogP contribution is -2.23. The Bertz CT molecular complexity index is 845. The van der Waals surface area contributed by atoms with Crippen LogP contribution in [0.25, 0.3) is 22.4 Å². The number of carbonyl (C=O) groups is 1. The van der Waals surface area contributed by atoms with Gasteiger partial charge in [0.2, 0.25) is 5.91 Å². The van der Waals surface area contributed by atoms with Crippen molar-refractivity contribution in [3.63, 3.8) is 0 Å². The van der Waals surface area contributed by atoms with Crippen LogP contribution in [0.15, 0.2) is 52.3 Å². The van der Waals surface area contributed by atoms with E-state index in [1.54, 1.807) is 0 Å². The predicted octanol–water partition coefficient (Wildman–Crippen LogP) is 4.85. The topological polar surface area (TPSA) is 55.1 Å². The Labute approximate surface area is 137 Å². The Kier molecular flexibility index (Phi) is 3.71. The molecule has 0 fully saturated rings. The molecule has 1 aromatic carbocycles. The SMILES string of the molecule is O=C(Nc1nc(-c2cc3ccccc3o2)cs1)C1CC=CCC1. The van der Waals surface area contributed by atoms with E-state index in [1.165, 1.54) is 11.3 Å². The molecule has 4 rings (SSSR count). The third-order valence-electron chi connectivity index (χ3n) is 4.05. The molecule has 5 heteroatoms. The highest BCUT2D eigenvalue weighted by Crippen LogP contribution is 2.30. The van der Waals surface area contributed by atoms with Crippen LogP contribution in [0.2, 0.25) is 0 Å². The number of hydrogen-bond acceptors (Lipinski definition) is 4. The lowest BCUT2D eigenvalue weighted by atomic mass is 9.94. The van der Waals surface area contributed by atoms with Crippen molar-refractivity contribution in [3.8, 4) is 11.5 Å². The maximum Gasteiger partial charge on any atom is 0.229 e. The summed E-state index contributed by atoms with van der Waals surface area (Å²) in [6.45, 7) is 0. The summed E-state index contributed by atoms with van der Waals surface area (Å²) in [5.74, 6) is 0.835. The van der Waals surface area contributed by atoms with Crippen molar-refractivity contribution >= 4 is 33.3 Å². The molecule has 1 amide bonds. The number of anilines is 1. The average Bonchev–Trinajstić information content (AvgIpc) is 3.21. The van der Waals surface area contributed by atoms with Crippen LogP contribution in [0.5, 0.6) is 0 Å². The monoisotopic (exact) mass is 324 g/mol. The number of hydrogen-bond donors (Lipinski definition) is 1. The lowest BCUT2D eigenvalue weighted by Gasteiger charge is -2.15. The summed E-state index contributed by atoms with van der Waals surface area (Å²) in [7, 11) is 0. The smallest absolute Gasteiger partial charge is 0.229 e. The Morgan fingerprint density at radius 1 is 1.30 bits per heavy atom. The zero-order valence-electron chi connectivity index (χ0n) is 12.5. The van der Waals surface area contributed by atoms with Crippen LogP contribution in [0.4, 0.5) is 5.13 Å². The maximum absolute atomic E-state index is 12.3. The van der Waals surface area contributed by atoms with Crippen LogP contribution < -0.4 is 5.32 Å². The molecule has 0 aliphatic heterocycles. The molecule has 1 N–H and O–H groups in total. The highest BCUT2D eigenvalue weighted by atomic mass is 32.1. The van der Waals surface area contributed by atoms with E-state index >= 15 is 0 Å². The predicted molar refractivity (Wildman–Crippen MR) is 92.4 cm³/mol. The number of carbonyl (C=O) groups excluding carboxylic acids is 1. The molecule has 0 spiro atoms. The minimum absolute atomic E-state index is 0.0542. The first-order valence-corrected chi connectivity index (χ1v) is 8.58. The summed E-state index contributed by atoms with van der Waals surface area (Å²) < 4.78 is 5.81. The molecule has 3 aromatic rings. The minimum Gasteiger partial charge on any atom is -0.454 e.